The second-order valence-electron chi connectivity index (χ2n) is 2.75. The zero-order valence-electron chi connectivity index (χ0n) is 7.88. The molecule has 0 unspecified atom stereocenters. The Morgan fingerprint density at radius 1 is 1.08 bits per heavy atom. The van der Waals surface area contributed by atoms with Crippen molar-refractivity contribution in [3.63, 3.8) is 0 Å². The van der Waals surface area contributed by atoms with Gasteiger partial charge < -0.3 is 4.57 Å². The predicted molar refractivity (Wildman–Crippen MR) is 52.2 cm³/mol. The maximum absolute atomic E-state index is 3.85. The molecule has 0 bridgehead atoms. The van der Waals surface area contributed by atoms with Crippen molar-refractivity contribution in [1.29, 1.82) is 0 Å². The van der Waals surface area contributed by atoms with E-state index in [-0.39, 0.29) is 0 Å². The Labute approximate surface area is 78.1 Å². The van der Waals surface area contributed by atoms with E-state index < -0.39 is 0 Å². The van der Waals surface area contributed by atoms with E-state index in [0.717, 1.165) is 0 Å². The summed E-state index contributed by atoms with van der Waals surface area (Å²) in [6, 6.07) is 3.94. The van der Waals surface area contributed by atoms with Crippen molar-refractivity contribution < 1.29 is 0 Å². The summed E-state index contributed by atoms with van der Waals surface area (Å²) in [5.41, 5.74) is 1.26. The maximum atomic E-state index is 3.85. The standard InChI is InChI=1S/C6H7N.C4H6N2/c1-6-2-4-7-5-3-6;1-6-3-2-5-4-6/h2-5H,1H3;2-4H,1H3. The highest BCUT2D eigenvalue weighted by Gasteiger charge is 1.73. The lowest BCUT2D eigenvalue weighted by Crippen LogP contribution is -1.76. The first-order valence-corrected chi connectivity index (χ1v) is 4.07. The van der Waals surface area contributed by atoms with Crippen LogP contribution in [0.5, 0.6) is 0 Å². The Morgan fingerprint density at radius 2 is 1.77 bits per heavy atom. The topological polar surface area (TPSA) is 30.7 Å². The monoisotopic (exact) mass is 175 g/mol. The summed E-state index contributed by atoms with van der Waals surface area (Å²) in [7, 11) is 1.94. The van der Waals surface area contributed by atoms with Crippen molar-refractivity contribution in [1.82, 2.24) is 14.5 Å². The van der Waals surface area contributed by atoms with Crippen LogP contribution in [-0.4, -0.2) is 14.5 Å². The van der Waals surface area contributed by atoms with Crippen LogP contribution < -0.4 is 0 Å². The fraction of sp³-hybridized carbons (Fsp3) is 0.200. The number of aromatic nitrogens is 3. The highest BCUT2D eigenvalue weighted by atomic mass is 15.0. The molecule has 0 spiro atoms. The first kappa shape index (κ1) is 9.45. The van der Waals surface area contributed by atoms with E-state index in [2.05, 4.69) is 9.97 Å². The van der Waals surface area contributed by atoms with E-state index in [1.54, 1.807) is 24.9 Å². The van der Waals surface area contributed by atoms with Gasteiger partial charge in [-0.3, -0.25) is 4.98 Å². The van der Waals surface area contributed by atoms with Gasteiger partial charge in [-0.05, 0) is 24.6 Å². The second-order valence-corrected chi connectivity index (χ2v) is 2.75. The highest BCUT2D eigenvalue weighted by molar-refractivity contribution is 5.05. The highest BCUT2D eigenvalue weighted by Crippen LogP contribution is 1.88. The first-order chi connectivity index (χ1) is 6.29. The van der Waals surface area contributed by atoms with Gasteiger partial charge in [0.15, 0.2) is 0 Å². The summed E-state index contributed by atoms with van der Waals surface area (Å²) >= 11 is 0. The SMILES string of the molecule is Cc1ccncc1.Cn1ccnc1. The molecule has 2 rings (SSSR count). The molecule has 3 nitrogen and oxygen atoms in total. The minimum atomic E-state index is 1.26. The average Bonchev–Trinajstić information content (AvgIpc) is 2.58. The second kappa shape index (κ2) is 5.09. The van der Waals surface area contributed by atoms with E-state index in [9.17, 15) is 0 Å². The molecule has 0 amide bonds. The lowest BCUT2D eigenvalue weighted by Gasteiger charge is -1.82. The Hall–Kier alpha value is -1.64. The number of aryl methyl sites for hydroxylation is 2. The molecule has 0 atom stereocenters. The maximum Gasteiger partial charge on any atom is 0.0943 e. The third-order valence-corrected chi connectivity index (χ3v) is 1.48. The fourth-order valence-electron chi connectivity index (χ4n) is 0.752. The van der Waals surface area contributed by atoms with Gasteiger partial charge in [-0.1, -0.05) is 0 Å². The lowest BCUT2D eigenvalue weighted by atomic mass is 10.3. The van der Waals surface area contributed by atoms with Crippen molar-refractivity contribution in [3.8, 4) is 0 Å². The summed E-state index contributed by atoms with van der Waals surface area (Å²) in [5.74, 6) is 0. The van der Waals surface area contributed by atoms with Crippen LogP contribution in [0, 0.1) is 6.92 Å². The van der Waals surface area contributed by atoms with E-state index in [1.807, 2.05) is 36.9 Å². The Balaban J connectivity index is 0.000000132. The summed E-state index contributed by atoms with van der Waals surface area (Å²) in [5, 5.41) is 0. The Bertz CT molecular complexity index is 313. The molecule has 2 aromatic rings. The number of hydrogen-bond donors (Lipinski definition) is 0. The summed E-state index contributed by atoms with van der Waals surface area (Å²) in [6.07, 6.45) is 8.96. The van der Waals surface area contributed by atoms with Crippen molar-refractivity contribution in [2.24, 2.45) is 7.05 Å². The van der Waals surface area contributed by atoms with Crippen LogP contribution in [0.2, 0.25) is 0 Å². The average molecular weight is 175 g/mol. The lowest BCUT2D eigenvalue weighted by molar-refractivity contribution is 0.913. The van der Waals surface area contributed by atoms with Gasteiger partial charge in [0.2, 0.25) is 0 Å². The molecule has 0 N–H and O–H groups in total. The molecule has 0 aliphatic carbocycles. The van der Waals surface area contributed by atoms with Crippen molar-refractivity contribution in [3.05, 3.63) is 48.8 Å². The van der Waals surface area contributed by atoms with Gasteiger partial charge in [0, 0.05) is 31.8 Å². The molecule has 0 aromatic carbocycles. The quantitative estimate of drug-likeness (QED) is 0.611. The third kappa shape index (κ3) is 4.06. The van der Waals surface area contributed by atoms with E-state index >= 15 is 0 Å². The van der Waals surface area contributed by atoms with Gasteiger partial charge in [-0.15, -0.1) is 0 Å². The minimum Gasteiger partial charge on any atom is -0.341 e. The van der Waals surface area contributed by atoms with Crippen LogP contribution >= 0.6 is 0 Å². The van der Waals surface area contributed by atoms with Gasteiger partial charge in [0.05, 0.1) is 6.33 Å². The summed E-state index contributed by atoms with van der Waals surface area (Å²) in [4.78, 5) is 7.63. The first-order valence-electron chi connectivity index (χ1n) is 4.07. The largest absolute Gasteiger partial charge is 0.341 e. The molecular weight excluding hydrogens is 162 g/mol. The smallest absolute Gasteiger partial charge is 0.0943 e. The molecule has 13 heavy (non-hydrogen) atoms. The summed E-state index contributed by atoms with van der Waals surface area (Å²) in [6.45, 7) is 2.04. The molecule has 0 fully saturated rings. The fourth-order valence-corrected chi connectivity index (χ4v) is 0.752. The molecule has 0 radical (unpaired) electrons. The molecule has 3 heteroatoms. The van der Waals surface area contributed by atoms with Gasteiger partial charge in [0.25, 0.3) is 0 Å². The van der Waals surface area contributed by atoms with E-state index in [0.29, 0.717) is 0 Å². The minimum absolute atomic E-state index is 1.26. The summed E-state index contributed by atoms with van der Waals surface area (Å²) < 4.78 is 1.89. The zero-order valence-corrected chi connectivity index (χ0v) is 7.88. The van der Waals surface area contributed by atoms with Crippen LogP contribution in [0.1, 0.15) is 5.56 Å². The third-order valence-electron chi connectivity index (χ3n) is 1.48. The molecule has 2 heterocycles. The predicted octanol–water partition coefficient (Wildman–Crippen LogP) is 1.81. The molecular formula is C10H13N3. The number of nitrogens with zero attached hydrogens (tertiary/aromatic N) is 3. The van der Waals surface area contributed by atoms with E-state index in [1.165, 1.54) is 5.56 Å². The molecule has 68 valence electrons. The van der Waals surface area contributed by atoms with Crippen LogP contribution in [0.15, 0.2) is 43.2 Å². The number of imidazole rings is 1. The molecule has 2 aromatic heterocycles. The van der Waals surface area contributed by atoms with Crippen molar-refractivity contribution >= 4 is 0 Å². The van der Waals surface area contributed by atoms with Gasteiger partial charge in [-0.25, -0.2) is 4.98 Å². The Kier molecular flexibility index (Phi) is 3.70. The number of hydrogen-bond acceptors (Lipinski definition) is 2. The molecule has 0 saturated heterocycles. The zero-order chi connectivity index (χ0) is 9.52. The van der Waals surface area contributed by atoms with Crippen LogP contribution in [0.25, 0.3) is 0 Å². The van der Waals surface area contributed by atoms with Gasteiger partial charge in [-0.2, -0.15) is 0 Å². The molecule has 0 saturated carbocycles. The van der Waals surface area contributed by atoms with Crippen molar-refractivity contribution in [2.45, 2.75) is 6.92 Å². The van der Waals surface area contributed by atoms with E-state index in [4.69, 9.17) is 0 Å². The normalized spacial score (nSPS) is 8.77. The van der Waals surface area contributed by atoms with Gasteiger partial charge >= 0.3 is 0 Å². The molecule has 0 aliphatic rings. The Morgan fingerprint density at radius 3 is 2.00 bits per heavy atom. The molecule has 0 aliphatic heterocycles. The van der Waals surface area contributed by atoms with Gasteiger partial charge in [0.1, 0.15) is 0 Å². The number of pyridine rings is 1. The van der Waals surface area contributed by atoms with Crippen LogP contribution in [0.4, 0.5) is 0 Å². The van der Waals surface area contributed by atoms with Crippen molar-refractivity contribution in [2.75, 3.05) is 0 Å². The number of rotatable bonds is 0. The van der Waals surface area contributed by atoms with Crippen LogP contribution in [0.3, 0.4) is 0 Å². The van der Waals surface area contributed by atoms with Crippen LogP contribution in [-0.2, 0) is 7.05 Å².